The van der Waals surface area contributed by atoms with Crippen LogP contribution in [-0.4, -0.2) is 33.7 Å². The van der Waals surface area contributed by atoms with Gasteiger partial charge in [0, 0.05) is 10.7 Å². The number of carbonyl (C=O) groups is 1. The lowest BCUT2D eigenvalue weighted by molar-refractivity contribution is -0.116. The van der Waals surface area contributed by atoms with E-state index in [-0.39, 0.29) is 0 Å². The number of nitrogens with zero attached hydrogens (tertiary/aromatic N) is 1. The molecule has 1 N–H and O–H groups in total. The zero-order valence-electron chi connectivity index (χ0n) is 15.3. The van der Waals surface area contributed by atoms with Crippen molar-refractivity contribution in [3.05, 3.63) is 52.0 Å². The maximum atomic E-state index is 12.7. The Morgan fingerprint density at radius 1 is 1.15 bits per heavy atom. The number of carbonyl (C=O) groups excluding carboxylic acids is 1. The van der Waals surface area contributed by atoms with Gasteiger partial charge in [-0.2, -0.15) is 0 Å². The fourth-order valence-corrected chi connectivity index (χ4v) is 4.12. The van der Waals surface area contributed by atoms with Crippen LogP contribution in [-0.2, 0) is 14.8 Å². The van der Waals surface area contributed by atoms with Crippen molar-refractivity contribution in [1.29, 1.82) is 0 Å². The molecule has 0 saturated carbocycles. The molecule has 2 aromatic carbocycles. The van der Waals surface area contributed by atoms with Crippen LogP contribution in [0, 0.1) is 6.92 Å². The van der Waals surface area contributed by atoms with Crippen LogP contribution in [0.2, 0.25) is 10.0 Å². The van der Waals surface area contributed by atoms with Gasteiger partial charge in [0.1, 0.15) is 11.8 Å². The minimum atomic E-state index is -3.74. The van der Waals surface area contributed by atoms with Crippen molar-refractivity contribution in [2.24, 2.45) is 0 Å². The van der Waals surface area contributed by atoms with Crippen molar-refractivity contribution in [1.82, 2.24) is 0 Å². The van der Waals surface area contributed by atoms with Crippen molar-refractivity contribution in [3.63, 3.8) is 0 Å². The predicted octanol–water partition coefficient (Wildman–Crippen LogP) is 4.10. The number of anilines is 2. The van der Waals surface area contributed by atoms with E-state index in [1.54, 1.807) is 31.2 Å². The van der Waals surface area contributed by atoms with E-state index in [9.17, 15) is 13.2 Å². The normalized spacial score (nSPS) is 12.4. The summed E-state index contributed by atoms with van der Waals surface area (Å²) in [6, 6.07) is 8.56. The number of nitrogens with one attached hydrogen (secondary N) is 1. The summed E-state index contributed by atoms with van der Waals surface area (Å²) in [5.74, 6) is -0.0480. The Morgan fingerprint density at radius 2 is 1.81 bits per heavy atom. The Labute approximate surface area is 169 Å². The summed E-state index contributed by atoms with van der Waals surface area (Å²) < 4.78 is 30.8. The predicted molar refractivity (Wildman–Crippen MR) is 110 cm³/mol. The van der Waals surface area contributed by atoms with Crippen molar-refractivity contribution in [2.45, 2.75) is 19.9 Å². The SMILES string of the molecule is COc1ccc(NC(=O)[C@H](C)N(c2ccc(C)c(Cl)c2)S(C)(=O)=O)cc1Cl. The number of amides is 1. The molecule has 0 aromatic heterocycles. The second kappa shape index (κ2) is 8.37. The number of ether oxygens (including phenoxy) is 1. The number of sulfonamides is 1. The second-order valence-electron chi connectivity index (χ2n) is 6.01. The fourth-order valence-electron chi connectivity index (χ4n) is 2.52. The summed E-state index contributed by atoms with van der Waals surface area (Å²) in [4.78, 5) is 12.7. The average Bonchev–Trinajstić information content (AvgIpc) is 2.57. The first kappa shape index (κ1) is 21.3. The number of hydrogen-bond donors (Lipinski definition) is 1. The molecule has 0 unspecified atom stereocenters. The van der Waals surface area contributed by atoms with Gasteiger partial charge < -0.3 is 10.1 Å². The van der Waals surface area contributed by atoms with E-state index < -0.39 is 22.0 Å². The number of methoxy groups -OCH3 is 1. The third kappa shape index (κ3) is 5.06. The average molecular weight is 431 g/mol. The molecule has 0 bridgehead atoms. The van der Waals surface area contributed by atoms with Gasteiger partial charge in [-0.1, -0.05) is 29.3 Å². The third-order valence-electron chi connectivity index (χ3n) is 3.92. The lowest BCUT2D eigenvalue weighted by Crippen LogP contribution is -2.45. The van der Waals surface area contributed by atoms with E-state index in [4.69, 9.17) is 27.9 Å². The smallest absolute Gasteiger partial charge is 0.247 e. The highest BCUT2D eigenvalue weighted by atomic mass is 35.5. The van der Waals surface area contributed by atoms with E-state index in [1.165, 1.54) is 26.2 Å². The topological polar surface area (TPSA) is 75.7 Å². The molecule has 0 spiro atoms. The fraction of sp³-hybridized carbons (Fsp3) is 0.278. The highest BCUT2D eigenvalue weighted by Gasteiger charge is 2.29. The summed E-state index contributed by atoms with van der Waals surface area (Å²) in [6.45, 7) is 3.30. The molecule has 2 aromatic rings. The molecule has 1 amide bonds. The molecular formula is C18H20Cl2N2O4S. The molecule has 0 saturated heterocycles. The van der Waals surface area contributed by atoms with E-state index >= 15 is 0 Å². The number of hydrogen-bond acceptors (Lipinski definition) is 4. The minimum Gasteiger partial charge on any atom is -0.495 e. The summed E-state index contributed by atoms with van der Waals surface area (Å²) in [5.41, 5.74) is 1.54. The second-order valence-corrected chi connectivity index (χ2v) is 8.68. The molecule has 0 fully saturated rings. The molecule has 9 heteroatoms. The zero-order valence-corrected chi connectivity index (χ0v) is 17.6. The minimum absolute atomic E-state index is 0.309. The molecule has 2 rings (SSSR count). The molecule has 0 aliphatic carbocycles. The van der Waals surface area contributed by atoms with Crippen LogP contribution >= 0.6 is 23.2 Å². The summed E-state index contributed by atoms with van der Waals surface area (Å²) in [7, 11) is -2.25. The Morgan fingerprint density at radius 3 is 2.33 bits per heavy atom. The van der Waals surface area contributed by atoms with Gasteiger partial charge in [-0.15, -0.1) is 0 Å². The van der Waals surface area contributed by atoms with Crippen molar-refractivity contribution in [3.8, 4) is 5.75 Å². The van der Waals surface area contributed by atoms with Gasteiger partial charge >= 0.3 is 0 Å². The van der Waals surface area contributed by atoms with Crippen LogP contribution in [0.5, 0.6) is 5.75 Å². The van der Waals surface area contributed by atoms with Crippen molar-refractivity contribution < 1.29 is 17.9 Å². The maximum Gasteiger partial charge on any atom is 0.247 e. The zero-order chi connectivity index (χ0) is 20.4. The van der Waals surface area contributed by atoms with Gasteiger partial charge in [-0.05, 0) is 49.7 Å². The van der Waals surface area contributed by atoms with Gasteiger partial charge in [0.15, 0.2) is 0 Å². The van der Waals surface area contributed by atoms with Crippen molar-refractivity contribution >= 4 is 50.5 Å². The van der Waals surface area contributed by atoms with Gasteiger partial charge in [-0.3, -0.25) is 9.10 Å². The first-order valence-corrected chi connectivity index (χ1v) is 10.5. The number of benzene rings is 2. The largest absolute Gasteiger partial charge is 0.495 e. The Kier molecular flexibility index (Phi) is 6.62. The van der Waals surface area contributed by atoms with E-state index in [0.29, 0.717) is 27.2 Å². The molecule has 146 valence electrons. The lowest BCUT2D eigenvalue weighted by Gasteiger charge is -2.28. The van der Waals surface area contributed by atoms with Gasteiger partial charge in [0.25, 0.3) is 0 Å². The number of rotatable bonds is 6. The first-order chi connectivity index (χ1) is 12.5. The quantitative estimate of drug-likeness (QED) is 0.747. The van der Waals surface area contributed by atoms with Crippen LogP contribution in [0.4, 0.5) is 11.4 Å². The highest BCUT2D eigenvalue weighted by Crippen LogP contribution is 2.29. The van der Waals surface area contributed by atoms with Gasteiger partial charge in [0.2, 0.25) is 15.9 Å². The maximum absolute atomic E-state index is 12.7. The molecule has 27 heavy (non-hydrogen) atoms. The van der Waals surface area contributed by atoms with Crippen LogP contribution in [0.15, 0.2) is 36.4 Å². The molecular weight excluding hydrogens is 411 g/mol. The van der Waals surface area contributed by atoms with Crippen LogP contribution in [0.25, 0.3) is 0 Å². The molecule has 0 aliphatic heterocycles. The Hall–Kier alpha value is -1.96. The Bertz CT molecular complexity index is 964. The standard InChI is InChI=1S/C18H20Cl2N2O4S/c1-11-5-7-14(10-15(11)19)22(27(4,24)25)12(2)18(23)21-13-6-8-17(26-3)16(20)9-13/h5-10,12H,1-4H3,(H,21,23)/t12-/m0/s1. The van der Waals surface area contributed by atoms with Gasteiger partial charge in [-0.25, -0.2) is 8.42 Å². The number of halogens is 2. The van der Waals surface area contributed by atoms with Crippen LogP contribution in [0.3, 0.4) is 0 Å². The molecule has 0 aliphatic rings. The third-order valence-corrected chi connectivity index (χ3v) is 5.86. The van der Waals surface area contributed by atoms with E-state index in [1.807, 2.05) is 0 Å². The summed E-state index contributed by atoms with van der Waals surface area (Å²) in [6.07, 6.45) is 1.04. The first-order valence-electron chi connectivity index (χ1n) is 7.94. The highest BCUT2D eigenvalue weighted by molar-refractivity contribution is 7.92. The number of aryl methyl sites for hydroxylation is 1. The lowest BCUT2D eigenvalue weighted by atomic mass is 10.2. The molecule has 0 heterocycles. The van der Waals surface area contributed by atoms with Crippen LogP contribution in [0.1, 0.15) is 12.5 Å². The summed E-state index contributed by atoms with van der Waals surface area (Å²) in [5, 5.41) is 3.40. The monoisotopic (exact) mass is 430 g/mol. The molecule has 6 nitrogen and oxygen atoms in total. The van der Waals surface area contributed by atoms with E-state index in [0.717, 1.165) is 16.1 Å². The molecule has 1 atom stereocenters. The van der Waals surface area contributed by atoms with Gasteiger partial charge in [0.05, 0.1) is 24.1 Å². The van der Waals surface area contributed by atoms with E-state index in [2.05, 4.69) is 5.32 Å². The Balaban J connectivity index is 2.32. The summed E-state index contributed by atoms with van der Waals surface area (Å²) >= 11 is 12.2. The van der Waals surface area contributed by atoms with Crippen molar-refractivity contribution in [2.75, 3.05) is 23.0 Å². The molecule has 0 radical (unpaired) electrons. The van der Waals surface area contributed by atoms with Crippen LogP contribution < -0.4 is 14.4 Å².